The molecule has 22 heavy (non-hydrogen) atoms. The number of rotatable bonds is 2. The topological polar surface area (TPSA) is 41.6 Å². The van der Waals surface area contributed by atoms with Crippen molar-refractivity contribution < 1.29 is 18.3 Å². The molecule has 122 valence electrons. The largest absolute Gasteiger partial charge is 0.370 e. The Morgan fingerprint density at radius 1 is 1.32 bits per heavy atom. The lowest BCUT2D eigenvalue weighted by Gasteiger charge is -2.34. The van der Waals surface area contributed by atoms with Gasteiger partial charge in [0.25, 0.3) is 0 Å². The van der Waals surface area contributed by atoms with E-state index in [0.29, 0.717) is 25.3 Å². The van der Waals surface area contributed by atoms with Crippen LogP contribution in [0.15, 0.2) is 18.2 Å². The fourth-order valence-electron chi connectivity index (χ4n) is 2.88. The monoisotopic (exact) mass is 332 g/mol. The van der Waals surface area contributed by atoms with E-state index >= 15 is 0 Å². The van der Waals surface area contributed by atoms with Crippen molar-refractivity contribution in [3.8, 4) is 0 Å². The summed E-state index contributed by atoms with van der Waals surface area (Å²) in [7, 11) is 0. The lowest BCUT2D eigenvalue weighted by Crippen LogP contribution is -2.49. The van der Waals surface area contributed by atoms with Gasteiger partial charge >= 0.3 is 0 Å². The lowest BCUT2D eigenvalue weighted by molar-refractivity contribution is -0.140. The van der Waals surface area contributed by atoms with Crippen LogP contribution in [-0.4, -0.2) is 43.1 Å². The zero-order valence-corrected chi connectivity index (χ0v) is 12.9. The predicted molar refractivity (Wildman–Crippen MR) is 79.9 cm³/mol. The first-order valence-electron chi connectivity index (χ1n) is 7.24. The zero-order valence-electron chi connectivity index (χ0n) is 12.1. The Kier molecular flexibility index (Phi) is 5.72. The van der Waals surface area contributed by atoms with Gasteiger partial charge in [0.1, 0.15) is 6.10 Å². The molecule has 2 unspecified atom stereocenters. The van der Waals surface area contributed by atoms with Gasteiger partial charge in [-0.2, -0.15) is 0 Å². The van der Waals surface area contributed by atoms with Gasteiger partial charge in [-0.15, -0.1) is 12.4 Å². The van der Waals surface area contributed by atoms with Crippen LogP contribution in [0.2, 0.25) is 0 Å². The molecular formula is C15H19ClF2N2O2. The molecule has 2 aliphatic rings. The fraction of sp³-hybridized carbons (Fsp3) is 0.533. The summed E-state index contributed by atoms with van der Waals surface area (Å²) in [6, 6.07) is 3.62. The van der Waals surface area contributed by atoms with Crippen molar-refractivity contribution in [2.24, 2.45) is 0 Å². The highest BCUT2D eigenvalue weighted by molar-refractivity contribution is 5.85. The molecule has 0 aliphatic carbocycles. The molecule has 1 aromatic carbocycles. The lowest BCUT2D eigenvalue weighted by atomic mass is 10.1. The molecule has 1 amide bonds. The van der Waals surface area contributed by atoms with E-state index in [4.69, 9.17) is 4.74 Å². The van der Waals surface area contributed by atoms with Crippen molar-refractivity contribution in [2.75, 3.05) is 26.2 Å². The van der Waals surface area contributed by atoms with E-state index in [-0.39, 0.29) is 24.4 Å². The normalized spacial score (nSPS) is 24.9. The van der Waals surface area contributed by atoms with Gasteiger partial charge < -0.3 is 15.0 Å². The van der Waals surface area contributed by atoms with E-state index in [1.54, 1.807) is 4.90 Å². The van der Waals surface area contributed by atoms with Gasteiger partial charge in [0.05, 0.1) is 19.2 Å². The second kappa shape index (κ2) is 7.35. The number of nitrogens with zero attached hydrogens (tertiary/aromatic N) is 1. The van der Waals surface area contributed by atoms with E-state index in [2.05, 4.69) is 5.32 Å². The number of amides is 1. The Morgan fingerprint density at radius 3 is 2.82 bits per heavy atom. The first kappa shape index (κ1) is 17.1. The van der Waals surface area contributed by atoms with Gasteiger partial charge in [0.15, 0.2) is 11.6 Å². The highest BCUT2D eigenvalue weighted by Gasteiger charge is 2.31. The summed E-state index contributed by atoms with van der Waals surface area (Å²) in [6.07, 6.45) is 1.46. The Morgan fingerprint density at radius 2 is 2.14 bits per heavy atom. The van der Waals surface area contributed by atoms with Crippen LogP contribution >= 0.6 is 12.4 Å². The standard InChI is InChI=1S/C15H18F2N2O2.ClH/c16-11-4-3-10(8-12(11)17)14-9-19(6-7-21-14)15(20)13-2-1-5-18-13;/h3-4,8,13-14,18H,1-2,5-7,9H2;1H. The summed E-state index contributed by atoms with van der Waals surface area (Å²) in [5.74, 6) is -1.70. The second-order valence-corrected chi connectivity index (χ2v) is 5.47. The molecule has 7 heteroatoms. The maximum Gasteiger partial charge on any atom is 0.239 e. The van der Waals surface area contributed by atoms with Crippen LogP contribution < -0.4 is 5.32 Å². The van der Waals surface area contributed by atoms with Gasteiger partial charge in [-0.25, -0.2) is 8.78 Å². The first-order chi connectivity index (χ1) is 10.1. The Hall–Kier alpha value is -1.24. The zero-order chi connectivity index (χ0) is 14.8. The molecule has 0 spiro atoms. The van der Waals surface area contributed by atoms with Crippen molar-refractivity contribution in [1.29, 1.82) is 0 Å². The minimum absolute atomic E-state index is 0. The number of hydrogen-bond donors (Lipinski definition) is 1. The molecule has 2 atom stereocenters. The predicted octanol–water partition coefficient (Wildman–Crippen LogP) is 2.04. The molecular weight excluding hydrogens is 314 g/mol. The van der Waals surface area contributed by atoms with Crippen molar-refractivity contribution in [1.82, 2.24) is 10.2 Å². The van der Waals surface area contributed by atoms with Crippen molar-refractivity contribution in [2.45, 2.75) is 25.0 Å². The molecule has 0 aromatic heterocycles. The first-order valence-corrected chi connectivity index (χ1v) is 7.24. The van der Waals surface area contributed by atoms with E-state index in [1.807, 2.05) is 0 Å². The van der Waals surface area contributed by atoms with E-state index < -0.39 is 17.7 Å². The van der Waals surface area contributed by atoms with Gasteiger partial charge in [-0.1, -0.05) is 6.07 Å². The van der Waals surface area contributed by atoms with Gasteiger partial charge in [-0.05, 0) is 37.1 Å². The van der Waals surface area contributed by atoms with Crippen LogP contribution in [0.3, 0.4) is 0 Å². The van der Waals surface area contributed by atoms with Crippen molar-refractivity contribution in [3.63, 3.8) is 0 Å². The molecule has 3 rings (SSSR count). The number of carbonyl (C=O) groups is 1. The molecule has 2 aliphatic heterocycles. The number of hydrogen-bond acceptors (Lipinski definition) is 3. The summed E-state index contributed by atoms with van der Waals surface area (Å²) in [4.78, 5) is 14.1. The van der Waals surface area contributed by atoms with Crippen LogP contribution in [0.1, 0.15) is 24.5 Å². The molecule has 2 fully saturated rings. The van der Waals surface area contributed by atoms with Crippen LogP contribution in [-0.2, 0) is 9.53 Å². The number of halogens is 3. The summed E-state index contributed by atoms with van der Waals surface area (Å²) in [5, 5.41) is 3.18. The second-order valence-electron chi connectivity index (χ2n) is 5.47. The Balaban J connectivity index is 0.00000176. The molecule has 4 nitrogen and oxygen atoms in total. The Labute approximate surface area is 134 Å². The molecule has 0 radical (unpaired) electrons. The number of benzene rings is 1. The third-order valence-electron chi connectivity index (χ3n) is 4.05. The van der Waals surface area contributed by atoms with Gasteiger partial charge in [0, 0.05) is 6.54 Å². The molecule has 0 saturated carbocycles. The minimum Gasteiger partial charge on any atom is -0.370 e. The van der Waals surface area contributed by atoms with Crippen LogP contribution in [0.4, 0.5) is 8.78 Å². The van der Waals surface area contributed by atoms with E-state index in [0.717, 1.165) is 31.5 Å². The fourth-order valence-corrected chi connectivity index (χ4v) is 2.88. The highest BCUT2D eigenvalue weighted by atomic mass is 35.5. The highest BCUT2D eigenvalue weighted by Crippen LogP contribution is 2.24. The quantitative estimate of drug-likeness (QED) is 0.901. The molecule has 2 heterocycles. The van der Waals surface area contributed by atoms with Gasteiger partial charge in [0.2, 0.25) is 5.91 Å². The van der Waals surface area contributed by atoms with Gasteiger partial charge in [-0.3, -0.25) is 4.79 Å². The number of nitrogens with one attached hydrogen (secondary N) is 1. The molecule has 1 N–H and O–H groups in total. The SMILES string of the molecule is Cl.O=C(C1CCCN1)N1CCOC(c2ccc(F)c(F)c2)C1. The van der Waals surface area contributed by atoms with Crippen LogP contribution in [0.25, 0.3) is 0 Å². The molecule has 2 saturated heterocycles. The smallest absolute Gasteiger partial charge is 0.239 e. The summed E-state index contributed by atoms with van der Waals surface area (Å²) >= 11 is 0. The summed E-state index contributed by atoms with van der Waals surface area (Å²) in [5.41, 5.74) is 0.561. The molecule has 1 aromatic rings. The maximum absolute atomic E-state index is 13.3. The van der Waals surface area contributed by atoms with Crippen LogP contribution in [0.5, 0.6) is 0 Å². The number of carbonyl (C=O) groups excluding carboxylic acids is 1. The summed E-state index contributed by atoms with van der Waals surface area (Å²) in [6.45, 7) is 2.19. The number of ether oxygens (including phenoxy) is 1. The van der Waals surface area contributed by atoms with Crippen molar-refractivity contribution in [3.05, 3.63) is 35.4 Å². The average Bonchev–Trinajstić information content (AvgIpc) is 3.04. The number of morpholine rings is 1. The van der Waals surface area contributed by atoms with E-state index in [1.165, 1.54) is 6.07 Å². The molecule has 0 bridgehead atoms. The van der Waals surface area contributed by atoms with Crippen LogP contribution in [0, 0.1) is 11.6 Å². The van der Waals surface area contributed by atoms with E-state index in [9.17, 15) is 13.6 Å². The Bertz CT molecular complexity index is 538. The van der Waals surface area contributed by atoms with Crippen molar-refractivity contribution >= 4 is 18.3 Å². The minimum atomic E-state index is -0.892. The average molecular weight is 333 g/mol. The third-order valence-corrected chi connectivity index (χ3v) is 4.05. The summed E-state index contributed by atoms with van der Waals surface area (Å²) < 4.78 is 31.9. The maximum atomic E-state index is 13.3. The third kappa shape index (κ3) is 3.56.